The van der Waals surface area contributed by atoms with E-state index < -0.39 is 17.6 Å². The van der Waals surface area contributed by atoms with E-state index in [-0.39, 0.29) is 11.5 Å². The van der Waals surface area contributed by atoms with Gasteiger partial charge in [-0.1, -0.05) is 18.2 Å². The van der Waals surface area contributed by atoms with Crippen LogP contribution in [0.25, 0.3) is 6.08 Å². The van der Waals surface area contributed by atoms with Gasteiger partial charge in [0.15, 0.2) is 0 Å². The minimum absolute atomic E-state index is 0.255. The largest absolute Gasteiger partial charge is 0.416 e. The predicted octanol–water partition coefficient (Wildman–Crippen LogP) is 4.03. The molecule has 2 aromatic carbocycles. The van der Waals surface area contributed by atoms with Crippen LogP contribution >= 0.6 is 0 Å². The lowest BCUT2D eigenvalue weighted by molar-refractivity contribution is -0.137. The maximum Gasteiger partial charge on any atom is 0.416 e. The first-order valence-electron chi connectivity index (χ1n) is 7.70. The molecule has 0 aliphatic carbocycles. The number of nitrogens with one attached hydrogen (secondary N) is 2. The number of carbonyl (C=O) groups excluding carboxylic acids is 2. The van der Waals surface area contributed by atoms with E-state index >= 15 is 0 Å². The summed E-state index contributed by atoms with van der Waals surface area (Å²) in [5, 5.41) is 5.13. The second-order valence-corrected chi connectivity index (χ2v) is 5.50. The van der Waals surface area contributed by atoms with Gasteiger partial charge in [0.2, 0.25) is 5.91 Å². The number of hydrogen-bond donors (Lipinski definition) is 2. The third-order valence-electron chi connectivity index (χ3n) is 3.70. The van der Waals surface area contributed by atoms with Gasteiger partial charge in [-0.05, 0) is 48.4 Å². The summed E-state index contributed by atoms with van der Waals surface area (Å²) in [7, 11) is 1.50. The lowest BCUT2D eigenvalue weighted by Gasteiger charge is -2.10. The van der Waals surface area contributed by atoms with Gasteiger partial charge in [-0.15, -0.1) is 0 Å². The second-order valence-electron chi connectivity index (χ2n) is 5.50. The average molecular weight is 362 g/mol. The van der Waals surface area contributed by atoms with E-state index in [9.17, 15) is 22.8 Å². The average Bonchev–Trinajstić information content (AvgIpc) is 2.60. The predicted molar refractivity (Wildman–Crippen MR) is 93.7 cm³/mol. The van der Waals surface area contributed by atoms with Gasteiger partial charge in [0.1, 0.15) is 0 Å². The van der Waals surface area contributed by atoms with Crippen LogP contribution in [-0.4, -0.2) is 18.9 Å². The number of alkyl halides is 3. The van der Waals surface area contributed by atoms with Crippen LogP contribution < -0.4 is 10.6 Å². The molecule has 2 N–H and O–H groups in total. The van der Waals surface area contributed by atoms with Crippen molar-refractivity contribution >= 4 is 23.6 Å². The van der Waals surface area contributed by atoms with Crippen LogP contribution in [0, 0.1) is 6.92 Å². The second kappa shape index (κ2) is 7.86. The summed E-state index contributed by atoms with van der Waals surface area (Å²) < 4.78 is 38.1. The third-order valence-corrected chi connectivity index (χ3v) is 3.70. The van der Waals surface area contributed by atoms with E-state index in [1.54, 1.807) is 25.1 Å². The van der Waals surface area contributed by atoms with Gasteiger partial charge in [0.25, 0.3) is 5.91 Å². The molecule has 0 spiro atoms. The fourth-order valence-electron chi connectivity index (χ4n) is 2.32. The van der Waals surface area contributed by atoms with Gasteiger partial charge in [0, 0.05) is 24.4 Å². The molecule has 26 heavy (non-hydrogen) atoms. The molecule has 0 saturated heterocycles. The highest BCUT2D eigenvalue weighted by molar-refractivity contribution is 6.04. The van der Waals surface area contributed by atoms with Gasteiger partial charge in [0.05, 0.1) is 5.56 Å². The van der Waals surface area contributed by atoms with E-state index in [0.29, 0.717) is 16.8 Å². The van der Waals surface area contributed by atoms with Crippen molar-refractivity contribution in [2.75, 3.05) is 12.4 Å². The quantitative estimate of drug-likeness (QED) is 0.807. The summed E-state index contributed by atoms with van der Waals surface area (Å²) in [5.74, 6) is -0.794. The Kier molecular flexibility index (Phi) is 5.82. The molecule has 0 aromatic heterocycles. The number of carbonyl (C=O) groups is 2. The summed E-state index contributed by atoms with van der Waals surface area (Å²) >= 11 is 0. The molecule has 0 bridgehead atoms. The van der Waals surface area contributed by atoms with E-state index in [1.807, 2.05) is 0 Å². The molecule has 0 heterocycles. The molecular weight excluding hydrogens is 345 g/mol. The smallest absolute Gasteiger partial charge is 0.355 e. The Labute approximate surface area is 148 Å². The van der Waals surface area contributed by atoms with E-state index in [0.717, 1.165) is 18.2 Å². The molecule has 0 unspecified atom stereocenters. The van der Waals surface area contributed by atoms with Gasteiger partial charge in [-0.2, -0.15) is 13.2 Å². The first kappa shape index (κ1) is 19.2. The van der Waals surface area contributed by atoms with Crippen LogP contribution in [-0.2, 0) is 11.0 Å². The molecule has 4 nitrogen and oxygen atoms in total. The number of anilines is 1. The molecule has 2 rings (SSSR count). The molecule has 0 fully saturated rings. The molecule has 0 radical (unpaired) electrons. The molecular formula is C19H17F3N2O2. The maximum absolute atomic E-state index is 12.7. The van der Waals surface area contributed by atoms with Crippen molar-refractivity contribution in [1.29, 1.82) is 0 Å². The Hall–Kier alpha value is -3.09. The molecule has 0 aliphatic heterocycles. The summed E-state index contributed by atoms with van der Waals surface area (Å²) in [6, 6.07) is 9.56. The number of benzene rings is 2. The SMILES string of the molecule is CNC(=O)c1cccc(NC(=O)C=Cc2cccc(C(F)(F)F)c2)c1C. The van der Waals surface area contributed by atoms with Crippen molar-refractivity contribution in [1.82, 2.24) is 5.32 Å². The van der Waals surface area contributed by atoms with Crippen molar-refractivity contribution < 1.29 is 22.8 Å². The number of rotatable bonds is 4. The first-order valence-corrected chi connectivity index (χ1v) is 7.70. The monoisotopic (exact) mass is 362 g/mol. The van der Waals surface area contributed by atoms with Crippen LogP contribution in [0.1, 0.15) is 27.0 Å². The van der Waals surface area contributed by atoms with Crippen molar-refractivity contribution in [3.8, 4) is 0 Å². The van der Waals surface area contributed by atoms with Gasteiger partial charge >= 0.3 is 6.18 Å². The molecule has 2 amide bonds. The zero-order valence-corrected chi connectivity index (χ0v) is 14.1. The first-order chi connectivity index (χ1) is 12.2. The topological polar surface area (TPSA) is 58.2 Å². The number of halogens is 3. The Morgan fingerprint density at radius 2 is 1.77 bits per heavy atom. The molecule has 0 atom stereocenters. The third kappa shape index (κ3) is 4.72. The molecule has 0 aliphatic rings. The van der Waals surface area contributed by atoms with Crippen LogP contribution in [0.15, 0.2) is 48.5 Å². The minimum atomic E-state index is -4.44. The van der Waals surface area contributed by atoms with Crippen molar-refractivity contribution in [2.45, 2.75) is 13.1 Å². The van der Waals surface area contributed by atoms with Crippen molar-refractivity contribution in [3.63, 3.8) is 0 Å². The van der Waals surface area contributed by atoms with Crippen LogP contribution in [0.4, 0.5) is 18.9 Å². The zero-order chi connectivity index (χ0) is 19.3. The summed E-state index contributed by atoms with van der Waals surface area (Å²) in [6.07, 6.45) is -2.01. The lowest BCUT2D eigenvalue weighted by atomic mass is 10.1. The van der Waals surface area contributed by atoms with Crippen molar-refractivity contribution in [2.24, 2.45) is 0 Å². The Morgan fingerprint density at radius 3 is 2.42 bits per heavy atom. The zero-order valence-electron chi connectivity index (χ0n) is 14.1. The van der Waals surface area contributed by atoms with E-state index in [4.69, 9.17) is 0 Å². The summed E-state index contributed by atoms with van der Waals surface area (Å²) in [4.78, 5) is 23.8. The van der Waals surface area contributed by atoms with Crippen LogP contribution in [0.5, 0.6) is 0 Å². The molecule has 0 saturated carbocycles. The maximum atomic E-state index is 12.7. The normalized spacial score (nSPS) is 11.4. The van der Waals surface area contributed by atoms with Crippen LogP contribution in [0.3, 0.4) is 0 Å². The van der Waals surface area contributed by atoms with Gasteiger partial charge in [-0.3, -0.25) is 9.59 Å². The highest BCUT2D eigenvalue weighted by Crippen LogP contribution is 2.29. The van der Waals surface area contributed by atoms with E-state index in [1.165, 1.54) is 25.3 Å². The minimum Gasteiger partial charge on any atom is -0.355 e. The number of amides is 2. The van der Waals surface area contributed by atoms with Crippen LogP contribution in [0.2, 0.25) is 0 Å². The van der Waals surface area contributed by atoms with Crippen molar-refractivity contribution in [3.05, 3.63) is 70.8 Å². The highest BCUT2D eigenvalue weighted by atomic mass is 19.4. The molecule has 7 heteroatoms. The van der Waals surface area contributed by atoms with E-state index in [2.05, 4.69) is 10.6 Å². The fourth-order valence-corrected chi connectivity index (χ4v) is 2.32. The Bertz CT molecular complexity index is 858. The highest BCUT2D eigenvalue weighted by Gasteiger charge is 2.30. The number of hydrogen-bond acceptors (Lipinski definition) is 2. The van der Waals surface area contributed by atoms with Gasteiger partial charge in [-0.25, -0.2) is 0 Å². The molecule has 136 valence electrons. The molecule has 2 aromatic rings. The Balaban J connectivity index is 2.15. The summed E-state index contributed by atoms with van der Waals surface area (Å²) in [5.41, 5.74) is 0.935. The lowest BCUT2D eigenvalue weighted by Crippen LogP contribution is -2.20. The Morgan fingerprint density at radius 1 is 1.08 bits per heavy atom. The fraction of sp³-hybridized carbons (Fsp3) is 0.158. The standard InChI is InChI=1S/C19H17F3N2O2/c1-12-15(18(26)23-2)7-4-8-16(12)24-17(25)10-9-13-5-3-6-14(11-13)19(20,21)22/h3-11H,1-2H3,(H,23,26)(H,24,25). The van der Waals surface area contributed by atoms with Gasteiger partial charge < -0.3 is 10.6 Å². The summed E-state index contributed by atoms with van der Waals surface area (Å²) in [6.45, 7) is 1.69.